The zero-order valence-corrected chi connectivity index (χ0v) is 12.9. The van der Waals surface area contributed by atoms with Crippen LogP contribution in [0.2, 0.25) is 0 Å². The smallest absolute Gasteiger partial charge is 0.281 e. The molecule has 0 unspecified atom stereocenters. The molecule has 0 radical (unpaired) electrons. The minimum atomic E-state index is -3.31. The lowest BCUT2D eigenvalue weighted by Gasteiger charge is -2.27. The van der Waals surface area contributed by atoms with Gasteiger partial charge in [0.05, 0.1) is 0 Å². The van der Waals surface area contributed by atoms with Gasteiger partial charge in [0.15, 0.2) is 0 Å². The minimum Gasteiger partial charge on any atom is -0.330 e. The fraction of sp³-hybridized carbons (Fsp3) is 1.00. The highest BCUT2D eigenvalue weighted by molar-refractivity contribution is 7.86. The lowest BCUT2D eigenvalue weighted by Crippen LogP contribution is -2.43. The normalized spacial score (nSPS) is 12.6. The minimum absolute atomic E-state index is 0.494. The summed E-state index contributed by atoms with van der Waals surface area (Å²) >= 11 is 0. The van der Waals surface area contributed by atoms with Gasteiger partial charge in [0.25, 0.3) is 10.2 Å². The topological polar surface area (TPSA) is 66.6 Å². The van der Waals surface area contributed by atoms with E-state index in [1.807, 2.05) is 0 Å². The fourth-order valence-corrected chi connectivity index (χ4v) is 3.11. The van der Waals surface area contributed by atoms with Crippen LogP contribution in [-0.4, -0.2) is 50.3 Å². The Bertz CT molecular complexity index is 286. The van der Waals surface area contributed by atoms with E-state index in [0.29, 0.717) is 32.6 Å². The van der Waals surface area contributed by atoms with E-state index in [4.69, 9.17) is 5.73 Å². The maximum atomic E-state index is 12.4. The maximum absolute atomic E-state index is 12.4. The molecule has 0 saturated heterocycles. The molecule has 18 heavy (non-hydrogen) atoms. The summed E-state index contributed by atoms with van der Waals surface area (Å²) in [7, 11) is -1.67. The lowest BCUT2D eigenvalue weighted by atomic mass is 10.3. The van der Waals surface area contributed by atoms with Crippen molar-refractivity contribution in [3.05, 3.63) is 0 Å². The molecular weight excluding hydrogens is 250 g/mol. The van der Waals surface area contributed by atoms with Gasteiger partial charge in [0.2, 0.25) is 0 Å². The number of nitrogens with two attached hydrogens (primary N) is 1. The summed E-state index contributed by atoms with van der Waals surface area (Å²) in [6, 6.07) is 0. The molecule has 0 fully saturated rings. The van der Waals surface area contributed by atoms with E-state index in [2.05, 4.69) is 13.8 Å². The molecule has 0 aliphatic carbocycles. The first kappa shape index (κ1) is 17.8. The first-order chi connectivity index (χ1) is 8.50. The van der Waals surface area contributed by atoms with Gasteiger partial charge in [0.1, 0.15) is 0 Å². The fourth-order valence-electron chi connectivity index (χ4n) is 1.64. The third-order valence-electron chi connectivity index (χ3n) is 2.92. The van der Waals surface area contributed by atoms with Gasteiger partial charge in [0, 0.05) is 26.7 Å². The summed E-state index contributed by atoms with van der Waals surface area (Å²) in [5.41, 5.74) is 5.42. The number of hydrogen-bond donors (Lipinski definition) is 1. The molecule has 0 aromatic rings. The summed E-state index contributed by atoms with van der Waals surface area (Å²) in [6.45, 7) is 6.39. The van der Waals surface area contributed by atoms with Crippen LogP contribution in [0.25, 0.3) is 0 Å². The molecule has 6 heteroatoms. The molecule has 2 N–H and O–H groups in total. The Morgan fingerprint density at radius 3 is 1.83 bits per heavy atom. The molecule has 110 valence electrons. The van der Waals surface area contributed by atoms with Crippen LogP contribution >= 0.6 is 0 Å². The second kappa shape index (κ2) is 9.72. The quantitative estimate of drug-likeness (QED) is 0.622. The van der Waals surface area contributed by atoms with Gasteiger partial charge in [-0.25, -0.2) is 0 Å². The van der Waals surface area contributed by atoms with Crippen LogP contribution in [-0.2, 0) is 10.2 Å². The van der Waals surface area contributed by atoms with Gasteiger partial charge < -0.3 is 5.73 Å². The van der Waals surface area contributed by atoms with Crippen LogP contribution in [0.5, 0.6) is 0 Å². The summed E-state index contributed by atoms with van der Waals surface area (Å²) < 4.78 is 27.7. The van der Waals surface area contributed by atoms with Crippen molar-refractivity contribution < 1.29 is 8.42 Å². The average Bonchev–Trinajstić information content (AvgIpc) is 2.35. The highest BCUT2D eigenvalue weighted by Gasteiger charge is 2.25. The Labute approximate surface area is 113 Å². The van der Waals surface area contributed by atoms with E-state index in [-0.39, 0.29) is 0 Å². The van der Waals surface area contributed by atoms with Crippen molar-refractivity contribution in [3.8, 4) is 0 Å². The number of hydrogen-bond acceptors (Lipinski definition) is 3. The zero-order valence-electron chi connectivity index (χ0n) is 12.1. The third-order valence-corrected chi connectivity index (χ3v) is 4.91. The van der Waals surface area contributed by atoms with Crippen molar-refractivity contribution in [1.29, 1.82) is 0 Å². The largest absolute Gasteiger partial charge is 0.330 e. The van der Waals surface area contributed by atoms with E-state index in [1.165, 1.54) is 4.31 Å². The van der Waals surface area contributed by atoms with E-state index in [9.17, 15) is 8.42 Å². The molecule has 0 aromatic carbocycles. The van der Waals surface area contributed by atoms with Crippen LogP contribution in [0.15, 0.2) is 0 Å². The Kier molecular flexibility index (Phi) is 9.63. The first-order valence-electron chi connectivity index (χ1n) is 6.92. The van der Waals surface area contributed by atoms with Crippen LogP contribution in [0.4, 0.5) is 0 Å². The number of nitrogens with zero attached hydrogens (tertiary/aromatic N) is 2. The molecule has 0 spiro atoms. The first-order valence-corrected chi connectivity index (χ1v) is 8.31. The predicted molar refractivity (Wildman–Crippen MR) is 76.6 cm³/mol. The van der Waals surface area contributed by atoms with Gasteiger partial charge in [-0.2, -0.15) is 17.0 Å². The second-order valence-electron chi connectivity index (χ2n) is 4.58. The van der Waals surface area contributed by atoms with Crippen molar-refractivity contribution in [2.45, 2.75) is 46.0 Å². The molecule has 0 aliphatic rings. The highest BCUT2D eigenvalue weighted by Crippen LogP contribution is 2.10. The summed E-state index contributed by atoms with van der Waals surface area (Å²) in [6.07, 6.45) is 4.53. The van der Waals surface area contributed by atoms with E-state index >= 15 is 0 Å². The van der Waals surface area contributed by atoms with Gasteiger partial charge in [-0.1, -0.05) is 26.7 Å². The molecule has 0 saturated carbocycles. The number of unbranched alkanes of at least 4 members (excludes halogenated alkanes) is 2. The highest BCUT2D eigenvalue weighted by atomic mass is 32.2. The standard InChI is InChI=1S/C12H29N3O2S/c1-4-6-11-15(12-7-5-2)18(16,17)14(3)10-8-9-13/h4-13H2,1-3H3. The Hall–Kier alpha value is -0.170. The molecule has 0 rings (SSSR count). The van der Waals surface area contributed by atoms with Gasteiger partial charge in [-0.15, -0.1) is 0 Å². The molecule has 0 aromatic heterocycles. The summed E-state index contributed by atoms with van der Waals surface area (Å²) in [5, 5.41) is 0. The SMILES string of the molecule is CCCCN(CCCC)S(=O)(=O)N(C)CCCN. The second-order valence-corrected chi connectivity index (χ2v) is 6.61. The Morgan fingerprint density at radius 2 is 1.44 bits per heavy atom. The molecular formula is C12H29N3O2S. The van der Waals surface area contributed by atoms with E-state index in [0.717, 1.165) is 25.7 Å². The van der Waals surface area contributed by atoms with Gasteiger partial charge >= 0.3 is 0 Å². The monoisotopic (exact) mass is 279 g/mol. The Morgan fingerprint density at radius 1 is 0.944 bits per heavy atom. The average molecular weight is 279 g/mol. The lowest BCUT2D eigenvalue weighted by molar-refractivity contribution is 0.348. The third kappa shape index (κ3) is 6.13. The van der Waals surface area contributed by atoms with Crippen LogP contribution in [0.1, 0.15) is 46.0 Å². The molecule has 0 heterocycles. The molecule has 0 amide bonds. The summed E-state index contributed by atoms with van der Waals surface area (Å²) in [5.74, 6) is 0. The zero-order chi connectivity index (χ0) is 14.0. The molecule has 5 nitrogen and oxygen atoms in total. The van der Waals surface area contributed by atoms with Crippen molar-refractivity contribution >= 4 is 10.2 Å². The van der Waals surface area contributed by atoms with Crippen molar-refractivity contribution in [1.82, 2.24) is 8.61 Å². The molecule has 0 atom stereocenters. The van der Waals surface area contributed by atoms with Crippen LogP contribution in [0, 0.1) is 0 Å². The van der Waals surface area contributed by atoms with Gasteiger partial charge in [-0.05, 0) is 25.8 Å². The number of rotatable bonds is 11. The van der Waals surface area contributed by atoms with Crippen LogP contribution < -0.4 is 5.73 Å². The molecule has 0 aliphatic heterocycles. The van der Waals surface area contributed by atoms with E-state index in [1.54, 1.807) is 11.4 Å². The van der Waals surface area contributed by atoms with Gasteiger partial charge in [-0.3, -0.25) is 0 Å². The predicted octanol–water partition coefficient (Wildman–Crippen LogP) is 1.41. The van der Waals surface area contributed by atoms with Crippen molar-refractivity contribution in [2.24, 2.45) is 5.73 Å². The van der Waals surface area contributed by atoms with Crippen LogP contribution in [0.3, 0.4) is 0 Å². The molecule has 0 bridgehead atoms. The summed E-state index contributed by atoms with van der Waals surface area (Å²) in [4.78, 5) is 0. The maximum Gasteiger partial charge on any atom is 0.281 e. The van der Waals surface area contributed by atoms with Crippen molar-refractivity contribution in [3.63, 3.8) is 0 Å². The van der Waals surface area contributed by atoms with E-state index < -0.39 is 10.2 Å². The van der Waals surface area contributed by atoms with Crippen molar-refractivity contribution in [2.75, 3.05) is 33.2 Å². The Balaban J connectivity index is 4.60.